The van der Waals surface area contributed by atoms with Crippen LogP contribution in [0.4, 0.5) is 11.4 Å². The fraction of sp³-hybridized carbons (Fsp3) is 0.303. The molecule has 4 aromatic rings. The molecule has 5 rings (SSSR count). The smallest absolute Gasteiger partial charge is 0.235 e. The lowest BCUT2D eigenvalue weighted by Crippen LogP contribution is -2.56. The van der Waals surface area contributed by atoms with Gasteiger partial charge in [-0.1, -0.05) is 53.6 Å². The molecule has 1 aliphatic rings. The highest BCUT2D eigenvalue weighted by atomic mass is 16.3. The number of ketones is 1. The number of Topliss-reactive ketones (excluding diaryl/α,β-unsaturated/α-hetero) is 1. The number of aliphatic hydroxyl groups is 1. The summed E-state index contributed by atoms with van der Waals surface area (Å²) in [6.07, 6.45) is 1.43. The van der Waals surface area contributed by atoms with Crippen molar-refractivity contribution >= 4 is 39.9 Å². The number of anilines is 2. The van der Waals surface area contributed by atoms with E-state index >= 15 is 0 Å². The van der Waals surface area contributed by atoms with Crippen molar-refractivity contribution in [2.45, 2.75) is 52.6 Å². The summed E-state index contributed by atoms with van der Waals surface area (Å²) in [6.45, 7) is 9.26. The lowest BCUT2D eigenvalue weighted by Gasteiger charge is -2.44. The Morgan fingerprint density at radius 1 is 0.875 bits per heavy atom. The summed E-state index contributed by atoms with van der Waals surface area (Å²) in [7, 11) is 0. The number of carbonyl (C=O) groups excluding carboxylic acids is 3. The first-order valence-corrected chi connectivity index (χ1v) is 13.5. The lowest BCUT2D eigenvalue weighted by molar-refractivity contribution is -0.150. The summed E-state index contributed by atoms with van der Waals surface area (Å²) >= 11 is 0. The maximum Gasteiger partial charge on any atom is 0.235 e. The van der Waals surface area contributed by atoms with Crippen LogP contribution >= 0.6 is 0 Å². The number of aryl methyl sites for hydroxylation is 4. The second-order valence-corrected chi connectivity index (χ2v) is 11.4. The molecule has 1 aromatic heterocycles. The number of aromatic amines is 1. The first-order chi connectivity index (χ1) is 19.0. The molecule has 4 N–H and O–H groups in total. The van der Waals surface area contributed by atoms with E-state index in [2.05, 4.69) is 15.6 Å². The number of fused-ring (bicyclic) bond motifs is 1. The minimum atomic E-state index is -1.68. The Bertz CT molecular complexity index is 1630. The van der Waals surface area contributed by atoms with Gasteiger partial charge in [0.2, 0.25) is 11.8 Å². The predicted molar refractivity (Wildman–Crippen MR) is 157 cm³/mol. The molecule has 206 valence electrons. The molecule has 1 fully saturated rings. The van der Waals surface area contributed by atoms with Crippen molar-refractivity contribution in [1.82, 2.24) is 4.98 Å². The van der Waals surface area contributed by atoms with Gasteiger partial charge in [0, 0.05) is 40.8 Å². The highest BCUT2D eigenvalue weighted by Crippen LogP contribution is 2.48. The molecule has 4 atom stereocenters. The zero-order valence-electron chi connectivity index (χ0n) is 23.5. The van der Waals surface area contributed by atoms with Crippen LogP contribution in [-0.4, -0.2) is 33.3 Å². The van der Waals surface area contributed by atoms with Gasteiger partial charge in [0.05, 0.1) is 11.5 Å². The van der Waals surface area contributed by atoms with Crippen LogP contribution in [0.1, 0.15) is 47.1 Å². The van der Waals surface area contributed by atoms with Crippen molar-refractivity contribution in [2.75, 3.05) is 10.6 Å². The van der Waals surface area contributed by atoms with Gasteiger partial charge < -0.3 is 20.7 Å². The first-order valence-electron chi connectivity index (χ1n) is 13.5. The maximum atomic E-state index is 14.1. The predicted octanol–water partition coefficient (Wildman–Crippen LogP) is 5.72. The van der Waals surface area contributed by atoms with E-state index in [1.807, 2.05) is 88.4 Å². The maximum absolute atomic E-state index is 14.1. The molecular formula is C33H35N3O4. The number of aromatic nitrogens is 1. The third-order valence-electron chi connectivity index (χ3n) is 8.09. The van der Waals surface area contributed by atoms with Gasteiger partial charge in [-0.15, -0.1) is 0 Å². The summed E-state index contributed by atoms with van der Waals surface area (Å²) in [5.74, 6) is -4.52. The van der Waals surface area contributed by atoms with Gasteiger partial charge in [-0.05, 0) is 69.5 Å². The SMILES string of the molecule is Cc1ccc(NC(=O)C2C(=O)CC(C)(O)C(C(=O)Nc3ccc(C)cc3C)C2c2c[nH]c3ccccc23)c(C)c1. The number of hydrogen-bond donors (Lipinski definition) is 4. The Kier molecular flexibility index (Phi) is 7.10. The molecule has 1 aliphatic carbocycles. The summed E-state index contributed by atoms with van der Waals surface area (Å²) in [6, 6.07) is 18.9. The molecule has 0 bridgehead atoms. The van der Waals surface area contributed by atoms with Gasteiger partial charge in [0.15, 0.2) is 0 Å². The van der Waals surface area contributed by atoms with Gasteiger partial charge in [-0.2, -0.15) is 0 Å². The van der Waals surface area contributed by atoms with Crippen molar-refractivity contribution in [2.24, 2.45) is 11.8 Å². The molecule has 1 heterocycles. The highest BCUT2D eigenvalue weighted by Gasteiger charge is 2.56. The summed E-state index contributed by atoms with van der Waals surface area (Å²) in [5.41, 5.74) is 4.88. The monoisotopic (exact) mass is 537 g/mol. The quantitative estimate of drug-likeness (QED) is 0.244. The number of nitrogens with one attached hydrogen (secondary N) is 3. The second kappa shape index (κ2) is 10.4. The van der Waals surface area contributed by atoms with E-state index in [4.69, 9.17) is 0 Å². The Morgan fingerprint density at radius 3 is 2.05 bits per heavy atom. The molecule has 2 amide bonds. The van der Waals surface area contributed by atoms with Crippen molar-refractivity contribution in [3.63, 3.8) is 0 Å². The van der Waals surface area contributed by atoms with Crippen molar-refractivity contribution in [3.05, 3.63) is 94.7 Å². The lowest BCUT2D eigenvalue weighted by atomic mass is 9.61. The Hall–Kier alpha value is -4.23. The largest absolute Gasteiger partial charge is 0.389 e. The number of carbonyl (C=O) groups is 3. The van der Waals surface area contributed by atoms with Gasteiger partial charge >= 0.3 is 0 Å². The van der Waals surface area contributed by atoms with Crippen LogP contribution in [0, 0.1) is 39.5 Å². The fourth-order valence-electron chi connectivity index (χ4n) is 6.16. The van der Waals surface area contributed by atoms with Crippen molar-refractivity contribution < 1.29 is 19.5 Å². The standard InChI is InChI=1S/C33H35N3O4/c1-18-10-12-24(20(3)14-18)35-31(38)29-27(37)16-33(5,40)30(32(39)36-25-13-11-19(2)15-21(25)4)28(29)23-17-34-26-9-7-6-8-22(23)26/h6-15,17,28-30,34,40H,16H2,1-5H3,(H,35,38)(H,36,39). The van der Waals surface area contributed by atoms with Gasteiger partial charge in [-0.3, -0.25) is 14.4 Å². The number of hydrogen-bond acceptors (Lipinski definition) is 4. The minimum Gasteiger partial charge on any atom is -0.389 e. The molecular weight excluding hydrogens is 502 g/mol. The summed E-state index contributed by atoms with van der Waals surface area (Å²) < 4.78 is 0. The molecule has 0 spiro atoms. The first kappa shape index (κ1) is 27.3. The average molecular weight is 538 g/mol. The van der Waals surface area contributed by atoms with E-state index in [0.29, 0.717) is 16.9 Å². The highest BCUT2D eigenvalue weighted by molar-refractivity contribution is 6.11. The van der Waals surface area contributed by atoms with Crippen molar-refractivity contribution in [3.8, 4) is 0 Å². The molecule has 0 saturated heterocycles. The number of amides is 2. The van der Waals surface area contributed by atoms with E-state index in [0.717, 1.165) is 33.2 Å². The summed E-state index contributed by atoms with van der Waals surface area (Å²) in [4.78, 5) is 44.9. The molecule has 40 heavy (non-hydrogen) atoms. The van der Waals surface area contributed by atoms with E-state index in [1.165, 1.54) is 6.92 Å². The van der Waals surface area contributed by atoms with E-state index in [9.17, 15) is 19.5 Å². The molecule has 7 heteroatoms. The average Bonchev–Trinajstić information content (AvgIpc) is 3.30. The van der Waals surface area contributed by atoms with Crippen LogP contribution in [-0.2, 0) is 14.4 Å². The minimum absolute atomic E-state index is 0.318. The van der Waals surface area contributed by atoms with E-state index in [-0.39, 0.29) is 6.42 Å². The van der Waals surface area contributed by atoms with Crippen molar-refractivity contribution in [1.29, 1.82) is 0 Å². The molecule has 7 nitrogen and oxygen atoms in total. The Morgan fingerprint density at radius 2 is 1.45 bits per heavy atom. The topological polar surface area (TPSA) is 111 Å². The number of H-pyrrole nitrogens is 1. The molecule has 3 aromatic carbocycles. The van der Waals surface area contributed by atoms with Crippen LogP contribution in [0.25, 0.3) is 10.9 Å². The normalized spacial score (nSPS) is 22.8. The second-order valence-electron chi connectivity index (χ2n) is 11.4. The van der Waals surface area contributed by atoms with E-state index < -0.39 is 41.0 Å². The third-order valence-corrected chi connectivity index (χ3v) is 8.09. The molecule has 4 unspecified atom stereocenters. The van der Waals surface area contributed by atoms with Gasteiger partial charge in [0.1, 0.15) is 11.7 Å². The van der Waals surface area contributed by atoms with E-state index in [1.54, 1.807) is 6.20 Å². The zero-order valence-corrected chi connectivity index (χ0v) is 23.5. The number of rotatable bonds is 5. The van der Waals surface area contributed by atoms with Crippen LogP contribution in [0.15, 0.2) is 66.9 Å². The Balaban J connectivity index is 1.62. The molecule has 1 saturated carbocycles. The van der Waals surface area contributed by atoms with Crippen LogP contribution in [0.2, 0.25) is 0 Å². The summed E-state index contributed by atoms with van der Waals surface area (Å²) in [5, 5.41) is 18.4. The number of benzene rings is 3. The number of para-hydroxylation sites is 1. The molecule has 0 aliphatic heterocycles. The van der Waals surface area contributed by atoms with Crippen LogP contribution in [0.5, 0.6) is 0 Å². The van der Waals surface area contributed by atoms with Crippen LogP contribution in [0.3, 0.4) is 0 Å². The van der Waals surface area contributed by atoms with Gasteiger partial charge in [0.25, 0.3) is 0 Å². The fourth-order valence-corrected chi connectivity index (χ4v) is 6.16. The van der Waals surface area contributed by atoms with Crippen LogP contribution < -0.4 is 10.6 Å². The zero-order chi connectivity index (χ0) is 28.8. The Labute approximate surface area is 234 Å². The third kappa shape index (κ3) is 5.05. The molecule has 0 radical (unpaired) electrons. The van der Waals surface area contributed by atoms with Gasteiger partial charge in [-0.25, -0.2) is 0 Å².